The van der Waals surface area contributed by atoms with Crippen molar-refractivity contribution < 1.29 is 9.13 Å². The third kappa shape index (κ3) is 4.73. The highest BCUT2D eigenvalue weighted by molar-refractivity contribution is 6.32. The van der Waals surface area contributed by atoms with Crippen LogP contribution >= 0.6 is 11.6 Å². The summed E-state index contributed by atoms with van der Waals surface area (Å²) < 4.78 is 19.0. The van der Waals surface area contributed by atoms with E-state index in [1.165, 1.54) is 12.1 Å². The number of para-hydroxylation sites is 1. The summed E-state index contributed by atoms with van der Waals surface area (Å²) in [4.78, 5) is 0. The maximum atomic E-state index is 13.2. The maximum Gasteiger partial charge on any atom is 0.142 e. The Morgan fingerprint density at radius 1 is 1.19 bits per heavy atom. The van der Waals surface area contributed by atoms with Crippen molar-refractivity contribution in [1.29, 1.82) is 0 Å². The van der Waals surface area contributed by atoms with Crippen LogP contribution in [0.2, 0.25) is 5.02 Å². The van der Waals surface area contributed by atoms with Gasteiger partial charge in [0.25, 0.3) is 0 Å². The van der Waals surface area contributed by atoms with Crippen LogP contribution in [0, 0.1) is 5.82 Å². The van der Waals surface area contributed by atoms with E-state index in [1.807, 2.05) is 18.2 Å². The first-order chi connectivity index (χ1) is 10.1. The molecule has 0 saturated carbocycles. The normalized spacial score (nSPS) is 10.9. The van der Waals surface area contributed by atoms with E-state index in [2.05, 4.69) is 19.2 Å². The molecule has 112 valence electrons. The second-order valence-corrected chi connectivity index (χ2v) is 5.59. The Bertz CT molecular complexity index is 601. The number of benzene rings is 2. The molecule has 2 nitrogen and oxygen atoms in total. The molecule has 0 radical (unpaired) electrons. The molecule has 0 aliphatic heterocycles. The average molecular weight is 308 g/mol. The van der Waals surface area contributed by atoms with Crippen molar-refractivity contribution in [3.63, 3.8) is 0 Å². The van der Waals surface area contributed by atoms with Gasteiger partial charge < -0.3 is 10.1 Å². The van der Waals surface area contributed by atoms with Gasteiger partial charge >= 0.3 is 0 Å². The van der Waals surface area contributed by atoms with Gasteiger partial charge in [0.15, 0.2) is 0 Å². The van der Waals surface area contributed by atoms with Crippen LogP contribution < -0.4 is 10.1 Å². The second kappa shape index (κ2) is 7.43. The van der Waals surface area contributed by atoms with Gasteiger partial charge in [-0.05, 0) is 23.8 Å². The number of halogens is 2. The molecule has 0 amide bonds. The number of nitrogens with one attached hydrogen (secondary N) is 1. The molecule has 0 heterocycles. The quantitative estimate of drug-likeness (QED) is 0.845. The van der Waals surface area contributed by atoms with Crippen LogP contribution in [0.15, 0.2) is 42.5 Å². The van der Waals surface area contributed by atoms with Crippen molar-refractivity contribution >= 4 is 11.6 Å². The van der Waals surface area contributed by atoms with Crippen LogP contribution in [-0.2, 0) is 13.2 Å². The van der Waals surface area contributed by atoms with E-state index in [4.69, 9.17) is 16.3 Å². The van der Waals surface area contributed by atoms with Gasteiger partial charge in [-0.25, -0.2) is 4.39 Å². The van der Waals surface area contributed by atoms with Crippen LogP contribution in [0.3, 0.4) is 0 Å². The molecular weight excluding hydrogens is 289 g/mol. The van der Waals surface area contributed by atoms with Gasteiger partial charge in [0, 0.05) is 18.2 Å². The first-order valence-corrected chi connectivity index (χ1v) is 7.32. The largest absolute Gasteiger partial charge is 0.487 e. The van der Waals surface area contributed by atoms with Gasteiger partial charge in [-0.1, -0.05) is 49.7 Å². The van der Waals surface area contributed by atoms with Crippen LogP contribution in [-0.4, -0.2) is 6.04 Å². The zero-order chi connectivity index (χ0) is 15.2. The van der Waals surface area contributed by atoms with Crippen molar-refractivity contribution in [2.45, 2.75) is 33.0 Å². The minimum Gasteiger partial charge on any atom is -0.487 e. The zero-order valence-electron chi connectivity index (χ0n) is 12.2. The minimum atomic E-state index is -0.267. The number of ether oxygens (including phenoxy) is 1. The van der Waals surface area contributed by atoms with E-state index in [1.54, 1.807) is 12.1 Å². The van der Waals surface area contributed by atoms with Gasteiger partial charge in [0.1, 0.15) is 18.2 Å². The van der Waals surface area contributed by atoms with Gasteiger partial charge in [-0.3, -0.25) is 0 Å². The molecule has 0 aliphatic rings. The summed E-state index contributed by atoms with van der Waals surface area (Å²) in [5, 5.41) is 3.90. The molecule has 0 atom stereocenters. The van der Waals surface area contributed by atoms with Crippen molar-refractivity contribution in [2.75, 3.05) is 0 Å². The smallest absolute Gasteiger partial charge is 0.142 e. The Kier molecular flexibility index (Phi) is 5.59. The molecule has 0 bridgehead atoms. The van der Waals surface area contributed by atoms with E-state index in [9.17, 15) is 4.39 Å². The topological polar surface area (TPSA) is 21.3 Å². The highest BCUT2D eigenvalue weighted by Crippen LogP contribution is 2.29. The lowest BCUT2D eigenvalue weighted by atomic mass is 10.2. The second-order valence-electron chi connectivity index (χ2n) is 5.18. The summed E-state index contributed by atoms with van der Waals surface area (Å²) in [6.07, 6.45) is 0. The van der Waals surface area contributed by atoms with Gasteiger partial charge in [-0.15, -0.1) is 0 Å². The third-order valence-corrected chi connectivity index (χ3v) is 3.32. The lowest BCUT2D eigenvalue weighted by molar-refractivity contribution is 0.301. The summed E-state index contributed by atoms with van der Waals surface area (Å²) >= 11 is 6.22. The molecule has 2 rings (SSSR count). The monoisotopic (exact) mass is 307 g/mol. The molecule has 0 aliphatic carbocycles. The Hall–Kier alpha value is -1.58. The molecular formula is C17H19ClFNO. The number of hydrogen-bond acceptors (Lipinski definition) is 2. The lowest BCUT2D eigenvalue weighted by Crippen LogP contribution is -2.22. The van der Waals surface area contributed by atoms with Crippen LogP contribution in [0.4, 0.5) is 4.39 Å². The highest BCUT2D eigenvalue weighted by atomic mass is 35.5. The Morgan fingerprint density at radius 3 is 2.67 bits per heavy atom. The van der Waals surface area contributed by atoms with Crippen LogP contribution in [0.1, 0.15) is 25.0 Å². The van der Waals surface area contributed by atoms with Gasteiger partial charge in [-0.2, -0.15) is 0 Å². The van der Waals surface area contributed by atoms with Gasteiger partial charge in [0.2, 0.25) is 0 Å². The van der Waals surface area contributed by atoms with Crippen molar-refractivity contribution in [3.05, 3.63) is 64.4 Å². The maximum absolute atomic E-state index is 13.2. The van der Waals surface area contributed by atoms with E-state index in [0.717, 1.165) is 11.1 Å². The average Bonchev–Trinajstić information content (AvgIpc) is 2.44. The fourth-order valence-electron chi connectivity index (χ4n) is 1.95. The van der Waals surface area contributed by atoms with E-state index < -0.39 is 0 Å². The number of rotatable bonds is 6. The first kappa shape index (κ1) is 15.8. The first-order valence-electron chi connectivity index (χ1n) is 6.94. The Labute approximate surface area is 129 Å². The Morgan fingerprint density at radius 2 is 1.95 bits per heavy atom. The summed E-state index contributed by atoms with van der Waals surface area (Å²) in [6, 6.07) is 12.4. The van der Waals surface area contributed by atoms with E-state index >= 15 is 0 Å². The molecule has 2 aromatic rings. The fraction of sp³-hybridized carbons (Fsp3) is 0.294. The van der Waals surface area contributed by atoms with E-state index in [0.29, 0.717) is 23.4 Å². The van der Waals surface area contributed by atoms with Crippen molar-refractivity contribution in [3.8, 4) is 5.75 Å². The predicted molar refractivity (Wildman–Crippen MR) is 84.2 cm³/mol. The molecule has 21 heavy (non-hydrogen) atoms. The summed E-state index contributed by atoms with van der Waals surface area (Å²) in [6.45, 7) is 5.13. The Balaban J connectivity index is 2.11. The lowest BCUT2D eigenvalue weighted by Gasteiger charge is -2.15. The molecule has 0 unspecified atom stereocenters. The van der Waals surface area contributed by atoms with Crippen molar-refractivity contribution in [1.82, 2.24) is 5.32 Å². The predicted octanol–water partition coefficient (Wildman–Crippen LogP) is 4.56. The standard InChI is InChI=1S/C17H19ClFNO/c1-12(2)20-10-14-6-4-8-16(18)17(14)21-11-13-5-3-7-15(19)9-13/h3-9,12,20H,10-11H2,1-2H3. The minimum absolute atomic E-state index is 0.267. The van der Waals surface area contributed by atoms with Crippen LogP contribution in [0.5, 0.6) is 5.75 Å². The molecule has 2 aromatic carbocycles. The van der Waals surface area contributed by atoms with E-state index in [-0.39, 0.29) is 12.4 Å². The summed E-state index contributed by atoms with van der Waals surface area (Å²) in [7, 11) is 0. The fourth-order valence-corrected chi connectivity index (χ4v) is 2.20. The number of hydrogen-bond donors (Lipinski definition) is 1. The van der Waals surface area contributed by atoms with Gasteiger partial charge in [0.05, 0.1) is 5.02 Å². The summed E-state index contributed by atoms with van der Waals surface area (Å²) in [5.41, 5.74) is 1.77. The molecule has 0 saturated heterocycles. The molecule has 0 spiro atoms. The third-order valence-electron chi connectivity index (χ3n) is 3.02. The molecule has 1 N–H and O–H groups in total. The highest BCUT2D eigenvalue weighted by Gasteiger charge is 2.09. The molecule has 0 aromatic heterocycles. The SMILES string of the molecule is CC(C)NCc1cccc(Cl)c1OCc1cccc(F)c1. The summed E-state index contributed by atoms with van der Waals surface area (Å²) in [5.74, 6) is 0.383. The zero-order valence-corrected chi connectivity index (χ0v) is 13.0. The molecule has 0 fully saturated rings. The van der Waals surface area contributed by atoms with Crippen LogP contribution in [0.25, 0.3) is 0 Å². The van der Waals surface area contributed by atoms with Crippen molar-refractivity contribution in [2.24, 2.45) is 0 Å². The molecule has 4 heteroatoms.